The number of methoxy groups -OCH3 is 1. The fourth-order valence-corrected chi connectivity index (χ4v) is 4.79. The van der Waals surface area contributed by atoms with Gasteiger partial charge in [0, 0.05) is 30.3 Å². The molecule has 2 aromatic carbocycles. The van der Waals surface area contributed by atoms with E-state index in [9.17, 15) is 9.50 Å². The zero-order valence-electron chi connectivity index (χ0n) is 15.2. The van der Waals surface area contributed by atoms with Crippen molar-refractivity contribution in [1.29, 1.82) is 0 Å². The van der Waals surface area contributed by atoms with Crippen molar-refractivity contribution in [3.63, 3.8) is 0 Å². The number of hydrogen-bond acceptors (Lipinski definition) is 3. The number of ether oxygens (including phenoxy) is 1. The molecular weight excluding hydrogens is 329 g/mol. The molecule has 3 nitrogen and oxygen atoms in total. The largest absolute Gasteiger partial charge is 0.497 e. The third-order valence-electron chi connectivity index (χ3n) is 6.04. The Hall–Kier alpha value is -1.91. The van der Waals surface area contributed by atoms with Gasteiger partial charge in [-0.25, -0.2) is 4.39 Å². The van der Waals surface area contributed by atoms with Crippen LogP contribution in [0, 0.1) is 5.82 Å². The van der Waals surface area contributed by atoms with Gasteiger partial charge in [0.2, 0.25) is 0 Å². The van der Waals surface area contributed by atoms with E-state index in [1.807, 2.05) is 6.07 Å². The van der Waals surface area contributed by atoms with E-state index >= 15 is 0 Å². The first-order valence-electron chi connectivity index (χ1n) is 9.45. The standard InChI is InChI=1S/C22H26FNO2/c1-26-19-10-11-20(21(23)12-19)22(25)13-17-8-5-9-18(14-22)24(17)15-16-6-3-2-4-7-16/h2-4,6-7,10-12,17-18,25H,5,8-9,13-15H2,1H3. The van der Waals surface area contributed by atoms with Gasteiger partial charge in [0.1, 0.15) is 11.6 Å². The molecular formula is C22H26FNO2. The number of benzene rings is 2. The summed E-state index contributed by atoms with van der Waals surface area (Å²) in [6.45, 7) is 0.900. The van der Waals surface area contributed by atoms with Gasteiger partial charge in [-0.1, -0.05) is 36.8 Å². The van der Waals surface area contributed by atoms with E-state index in [0.29, 0.717) is 24.2 Å². The van der Waals surface area contributed by atoms with Crippen LogP contribution in [0.25, 0.3) is 0 Å². The second-order valence-electron chi connectivity index (χ2n) is 7.68. The van der Waals surface area contributed by atoms with Crippen LogP contribution in [0.2, 0.25) is 0 Å². The molecule has 4 heteroatoms. The summed E-state index contributed by atoms with van der Waals surface area (Å²) in [6.07, 6.45) is 4.47. The quantitative estimate of drug-likeness (QED) is 0.890. The normalized spacial score (nSPS) is 28.7. The number of halogens is 1. The number of piperidine rings is 2. The molecule has 0 spiro atoms. The first-order valence-corrected chi connectivity index (χ1v) is 9.45. The van der Waals surface area contributed by atoms with Crippen LogP contribution in [-0.4, -0.2) is 29.2 Å². The number of rotatable bonds is 4. The van der Waals surface area contributed by atoms with E-state index < -0.39 is 5.60 Å². The second kappa shape index (κ2) is 7.01. The van der Waals surface area contributed by atoms with Gasteiger partial charge in [0.05, 0.1) is 12.7 Å². The Bertz CT molecular complexity index is 750. The molecule has 2 unspecified atom stereocenters. The molecule has 0 aliphatic carbocycles. The molecule has 2 atom stereocenters. The molecule has 2 aromatic rings. The molecule has 2 saturated heterocycles. The third-order valence-corrected chi connectivity index (χ3v) is 6.04. The van der Waals surface area contributed by atoms with E-state index in [0.717, 1.165) is 19.4 Å². The number of hydrogen-bond donors (Lipinski definition) is 1. The third kappa shape index (κ3) is 3.24. The number of fused-ring (bicyclic) bond motifs is 2. The van der Waals surface area contributed by atoms with E-state index in [1.165, 1.54) is 25.2 Å². The summed E-state index contributed by atoms with van der Waals surface area (Å²) >= 11 is 0. The van der Waals surface area contributed by atoms with Crippen molar-refractivity contribution >= 4 is 0 Å². The van der Waals surface area contributed by atoms with Crippen LogP contribution in [0.5, 0.6) is 5.75 Å². The highest BCUT2D eigenvalue weighted by Crippen LogP contribution is 2.45. The van der Waals surface area contributed by atoms with Gasteiger partial charge in [0.15, 0.2) is 0 Å². The first-order chi connectivity index (χ1) is 12.6. The monoisotopic (exact) mass is 355 g/mol. The summed E-state index contributed by atoms with van der Waals surface area (Å²) in [6, 6.07) is 15.9. The molecule has 4 rings (SSSR count). The fourth-order valence-electron chi connectivity index (χ4n) is 4.79. The second-order valence-corrected chi connectivity index (χ2v) is 7.68. The van der Waals surface area contributed by atoms with Crippen molar-refractivity contribution in [2.45, 2.75) is 56.3 Å². The summed E-state index contributed by atoms with van der Waals surface area (Å²) in [5.41, 5.74) is 0.610. The van der Waals surface area contributed by atoms with Crippen molar-refractivity contribution in [2.75, 3.05) is 7.11 Å². The van der Waals surface area contributed by atoms with E-state index in [2.05, 4.69) is 29.2 Å². The van der Waals surface area contributed by atoms with E-state index in [-0.39, 0.29) is 17.9 Å². The zero-order chi connectivity index (χ0) is 18.1. The summed E-state index contributed by atoms with van der Waals surface area (Å²) in [5.74, 6) is 0.109. The molecule has 0 radical (unpaired) electrons. The van der Waals surface area contributed by atoms with Gasteiger partial charge in [-0.3, -0.25) is 4.90 Å². The topological polar surface area (TPSA) is 32.7 Å². The molecule has 0 saturated carbocycles. The van der Waals surface area contributed by atoms with Crippen LogP contribution in [0.4, 0.5) is 4.39 Å². The molecule has 2 bridgehead atoms. The molecule has 2 aliphatic heterocycles. The van der Waals surface area contributed by atoms with Gasteiger partial charge in [-0.15, -0.1) is 0 Å². The summed E-state index contributed by atoms with van der Waals surface area (Å²) in [7, 11) is 1.52. The van der Waals surface area contributed by atoms with Crippen molar-refractivity contribution < 1.29 is 14.2 Å². The minimum Gasteiger partial charge on any atom is -0.497 e. The minimum atomic E-state index is -1.10. The predicted molar refractivity (Wildman–Crippen MR) is 99.5 cm³/mol. The molecule has 2 heterocycles. The highest BCUT2D eigenvalue weighted by Gasteiger charge is 2.47. The van der Waals surface area contributed by atoms with Crippen molar-refractivity contribution in [3.05, 3.63) is 65.5 Å². The molecule has 2 fully saturated rings. The average molecular weight is 355 g/mol. The van der Waals surface area contributed by atoms with E-state index in [1.54, 1.807) is 12.1 Å². The lowest BCUT2D eigenvalue weighted by atomic mass is 9.72. The molecule has 1 N–H and O–H groups in total. The first kappa shape index (κ1) is 17.5. The van der Waals surface area contributed by atoms with Crippen LogP contribution in [0.1, 0.15) is 43.2 Å². The van der Waals surface area contributed by atoms with Crippen molar-refractivity contribution in [3.8, 4) is 5.75 Å². The lowest BCUT2D eigenvalue weighted by molar-refractivity contribution is -0.101. The fraction of sp³-hybridized carbons (Fsp3) is 0.455. The average Bonchev–Trinajstić information content (AvgIpc) is 2.63. The van der Waals surface area contributed by atoms with Crippen LogP contribution in [0.3, 0.4) is 0 Å². The Kier molecular flexibility index (Phi) is 4.72. The molecule has 0 aromatic heterocycles. The lowest BCUT2D eigenvalue weighted by Gasteiger charge is -2.52. The van der Waals surface area contributed by atoms with Crippen LogP contribution in [-0.2, 0) is 12.1 Å². The van der Waals surface area contributed by atoms with E-state index in [4.69, 9.17) is 4.74 Å². The Morgan fingerprint density at radius 1 is 1.12 bits per heavy atom. The summed E-state index contributed by atoms with van der Waals surface area (Å²) in [4.78, 5) is 2.52. The SMILES string of the molecule is COc1ccc(C2(O)CC3CCCC(C2)N3Cc2ccccc2)c(F)c1. The highest BCUT2D eigenvalue weighted by atomic mass is 19.1. The molecule has 26 heavy (non-hydrogen) atoms. The van der Waals surface area contributed by atoms with Gasteiger partial charge in [0.25, 0.3) is 0 Å². The molecule has 0 amide bonds. The maximum Gasteiger partial charge on any atom is 0.132 e. The Balaban J connectivity index is 1.59. The maximum absolute atomic E-state index is 14.6. The van der Waals surface area contributed by atoms with Crippen LogP contribution >= 0.6 is 0 Å². The van der Waals surface area contributed by atoms with Gasteiger partial charge in [-0.2, -0.15) is 0 Å². The van der Waals surface area contributed by atoms with Crippen LogP contribution < -0.4 is 4.74 Å². The minimum absolute atomic E-state index is 0.286. The number of nitrogens with zero attached hydrogens (tertiary/aromatic N) is 1. The number of aliphatic hydroxyl groups is 1. The zero-order valence-corrected chi connectivity index (χ0v) is 15.2. The lowest BCUT2D eigenvalue weighted by Crippen LogP contribution is -2.56. The van der Waals surface area contributed by atoms with Crippen molar-refractivity contribution in [2.24, 2.45) is 0 Å². The van der Waals surface area contributed by atoms with Crippen LogP contribution in [0.15, 0.2) is 48.5 Å². The van der Waals surface area contributed by atoms with Gasteiger partial charge in [-0.05, 0) is 43.4 Å². The van der Waals surface area contributed by atoms with Gasteiger partial charge < -0.3 is 9.84 Å². The Morgan fingerprint density at radius 3 is 2.42 bits per heavy atom. The summed E-state index contributed by atoms with van der Waals surface area (Å²) in [5, 5.41) is 11.4. The summed E-state index contributed by atoms with van der Waals surface area (Å²) < 4.78 is 19.7. The Morgan fingerprint density at radius 2 is 1.81 bits per heavy atom. The molecule has 2 aliphatic rings. The maximum atomic E-state index is 14.6. The van der Waals surface area contributed by atoms with Gasteiger partial charge >= 0.3 is 0 Å². The predicted octanol–water partition coefficient (Wildman–Crippen LogP) is 4.24. The smallest absolute Gasteiger partial charge is 0.132 e. The Labute approximate surface area is 154 Å². The molecule has 138 valence electrons. The highest BCUT2D eigenvalue weighted by molar-refractivity contribution is 5.33. The van der Waals surface area contributed by atoms with Crippen molar-refractivity contribution in [1.82, 2.24) is 4.90 Å².